The van der Waals surface area contributed by atoms with Crippen LogP contribution in [0.25, 0.3) is 0 Å². The Balaban J connectivity index is 0.000000507. The van der Waals surface area contributed by atoms with Crippen LogP contribution in [-0.4, -0.2) is 71.2 Å². The number of ether oxygens (including phenoxy) is 1. The van der Waals surface area contributed by atoms with Gasteiger partial charge in [-0.05, 0) is 54.5 Å². The molecular weight excluding hydrogens is 599 g/mol. The molecule has 224 valence electrons. The van der Waals surface area contributed by atoms with E-state index in [9.17, 15) is 9.59 Å². The van der Waals surface area contributed by atoms with Gasteiger partial charge in [0, 0.05) is 26.2 Å². The molecule has 42 heavy (non-hydrogen) atoms. The number of nitrogens with one attached hydrogen (secondary N) is 3. The standard InChI is InChI=1S/C23H25Cl2N7O3.C5H9NS/c1-35-17-5-2-15(3-6-17)13-31-21(29-11-10-28-20-26-8-9-27-20)30-22(33)32(23(31)34)14-16-4-7-18(24)19(25)12-16;1-7-5-3-2-4-6-5/h2-7,12H,8-11,13-14H2,1H3,(H2,26,27,28)(H,29,30,33);2-4H2,1H3. The second-order valence-electron chi connectivity index (χ2n) is 9.36. The van der Waals surface area contributed by atoms with Gasteiger partial charge in [0.05, 0.1) is 41.8 Å². The largest absolute Gasteiger partial charge is 0.497 e. The molecule has 14 heteroatoms. The molecule has 3 aromatic rings. The molecule has 0 spiro atoms. The Labute approximate surface area is 258 Å². The Morgan fingerprint density at radius 1 is 0.952 bits per heavy atom. The van der Waals surface area contributed by atoms with Crippen LogP contribution in [0.1, 0.15) is 24.0 Å². The molecule has 0 unspecified atom stereocenters. The molecule has 2 aliphatic rings. The number of methoxy groups -OCH3 is 1. The molecule has 0 aliphatic carbocycles. The molecule has 0 atom stereocenters. The minimum Gasteiger partial charge on any atom is -0.497 e. The number of aromatic nitrogens is 3. The van der Waals surface area contributed by atoms with Crippen molar-refractivity contribution >= 4 is 51.9 Å². The summed E-state index contributed by atoms with van der Waals surface area (Å²) in [4.78, 5) is 39.0. The van der Waals surface area contributed by atoms with Crippen molar-refractivity contribution in [3.05, 3.63) is 84.6 Å². The minimum atomic E-state index is -0.663. The van der Waals surface area contributed by atoms with Gasteiger partial charge in [-0.3, -0.25) is 14.6 Å². The topological polar surface area (TPSA) is 127 Å². The first-order valence-electron chi connectivity index (χ1n) is 13.5. The maximum absolute atomic E-state index is 13.5. The highest BCUT2D eigenvalue weighted by atomic mass is 35.5. The second-order valence-corrected chi connectivity index (χ2v) is 11.1. The van der Waals surface area contributed by atoms with Crippen LogP contribution in [0.3, 0.4) is 0 Å². The van der Waals surface area contributed by atoms with Crippen molar-refractivity contribution in [1.82, 2.24) is 24.8 Å². The number of hydrogen-bond donors (Lipinski definition) is 3. The van der Waals surface area contributed by atoms with Crippen molar-refractivity contribution in [1.29, 1.82) is 0 Å². The average Bonchev–Trinajstić information content (AvgIpc) is 3.73. The molecule has 0 radical (unpaired) electrons. The molecule has 2 aromatic carbocycles. The number of nitrogens with zero attached hydrogens (tertiary/aromatic N) is 5. The van der Waals surface area contributed by atoms with E-state index in [0.29, 0.717) is 34.4 Å². The molecular formula is C28H34Cl2N8O3S. The molecule has 0 fully saturated rings. The summed E-state index contributed by atoms with van der Waals surface area (Å²) in [7, 11) is 1.59. The highest BCUT2D eigenvalue weighted by Crippen LogP contribution is 2.22. The van der Waals surface area contributed by atoms with E-state index >= 15 is 0 Å². The van der Waals surface area contributed by atoms with Gasteiger partial charge in [-0.15, -0.1) is 11.8 Å². The van der Waals surface area contributed by atoms with Gasteiger partial charge in [0.15, 0.2) is 5.96 Å². The molecule has 1 aromatic heterocycles. The first kappa shape index (κ1) is 31.5. The Bertz CT molecular complexity index is 1540. The van der Waals surface area contributed by atoms with Crippen LogP contribution >= 0.6 is 35.0 Å². The smallest absolute Gasteiger partial charge is 0.355 e. The maximum atomic E-state index is 13.5. The summed E-state index contributed by atoms with van der Waals surface area (Å²) in [5.74, 6) is 1.62. The summed E-state index contributed by atoms with van der Waals surface area (Å²) in [6.07, 6.45) is 4.58. The Hall–Kier alpha value is -3.48. The van der Waals surface area contributed by atoms with Crippen LogP contribution in [0, 0.1) is 0 Å². The number of thioether (sulfide) groups is 1. The second kappa shape index (κ2) is 15.7. The predicted octanol–water partition coefficient (Wildman–Crippen LogP) is 3.32. The van der Waals surface area contributed by atoms with Crippen molar-refractivity contribution in [3.63, 3.8) is 0 Å². The van der Waals surface area contributed by atoms with E-state index < -0.39 is 11.4 Å². The lowest BCUT2D eigenvalue weighted by Gasteiger charge is -2.16. The molecule has 0 amide bonds. The zero-order valence-electron chi connectivity index (χ0n) is 23.5. The third-order valence-corrected chi connectivity index (χ3v) is 7.97. The van der Waals surface area contributed by atoms with Crippen LogP contribution in [-0.2, 0) is 13.1 Å². The van der Waals surface area contributed by atoms with Crippen LogP contribution < -0.4 is 32.1 Å². The van der Waals surface area contributed by atoms with Gasteiger partial charge in [0.1, 0.15) is 5.75 Å². The molecule has 3 N–H and O–H groups in total. The van der Waals surface area contributed by atoms with Crippen molar-refractivity contribution < 1.29 is 4.74 Å². The van der Waals surface area contributed by atoms with Gasteiger partial charge in [0.25, 0.3) is 0 Å². The fourth-order valence-corrected chi connectivity index (χ4v) is 5.12. The third-order valence-electron chi connectivity index (χ3n) is 6.42. The molecule has 0 saturated carbocycles. The normalized spacial score (nSPS) is 13.9. The van der Waals surface area contributed by atoms with Crippen molar-refractivity contribution in [3.8, 4) is 5.75 Å². The van der Waals surface area contributed by atoms with Gasteiger partial charge < -0.3 is 20.7 Å². The van der Waals surface area contributed by atoms with E-state index in [1.165, 1.54) is 22.5 Å². The molecule has 0 bridgehead atoms. The summed E-state index contributed by atoms with van der Waals surface area (Å²) in [6, 6.07) is 12.3. The van der Waals surface area contributed by atoms with Crippen molar-refractivity contribution in [2.24, 2.45) is 9.98 Å². The zero-order chi connectivity index (χ0) is 29.9. The van der Waals surface area contributed by atoms with Gasteiger partial charge in [0.2, 0.25) is 5.95 Å². The average molecular weight is 634 g/mol. The summed E-state index contributed by atoms with van der Waals surface area (Å²) in [6.45, 7) is 3.77. The number of hydrogen-bond acceptors (Lipinski definition) is 10. The quantitative estimate of drug-likeness (QED) is 0.307. The summed E-state index contributed by atoms with van der Waals surface area (Å²) < 4.78 is 7.72. The SMILES string of the molecule is COc1ccc(Cn2c(NCCNC3=NCCN3)nc(=O)n(Cc3ccc(Cl)c(Cl)c3)c2=O)cc1.CSC1=NCCC1. The number of benzene rings is 2. The van der Waals surface area contributed by atoms with Crippen LogP contribution in [0.2, 0.25) is 10.0 Å². The van der Waals surface area contributed by atoms with E-state index in [0.717, 1.165) is 35.7 Å². The number of halogens is 2. The Morgan fingerprint density at radius 3 is 2.31 bits per heavy atom. The number of aliphatic imine (C=N–C) groups is 2. The van der Waals surface area contributed by atoms with E-state index in [2.05, 4.69) is 37.2 Å². The fourth-order valence-electron chi connectivity index (χ4n) is 4.23. The lowest BCUT2D eigenvalue weighted by atomic mass is 10.2. The fraction of sp³-hybridized carbons (Fsp3) is 0.393. The number of guanidine groups is 1. The lowest BCUT2D eigenvalue weighted by molar-refractivity contribution is 0.414. The highest BCUT2D eigenvalue weighted by molar-refractivity contribution is 8.13. The number of rotatable bonds is 9. The van der Waals surface area contributed by atoms with Gasteiger partial charge in [-0.1, -0.05) is 41.4 Å². The third kappa shape index (κ3) is 8.76. The Morgan fingerprint density at radius 2 is 1.69 bits per heavy atom. The van der Waals surface area contributed by atoms with E-state index in [1.807, 2.05) is 24.3 Å². The minimum absolute atomic E-state index is 0.0114. The van der Waals surface area contributed by atoms with Crippen molar-refractivity contribution in [2.45, 2.75) is 25.9 Å². The van der Waals surface area contributed by atoms with E-state index in [-0.39, 0.29) is 19.0 Å². The van der Waals surface area contributed by atoms with Crippen LogP contribution in [0.4, 0.5) is 5.95 Å². The lowest BCUT2D eigenvalue weighted by Crippen LogP contribution is -2.44. The van der Waals surface area contributed by atoms with E-state index in [1.54, 1.807) is 37.1 Å². The van der Waals surface area contributed by atoms with Gasteiger partial charge >= 0.3 is 11.4 Å². The molecule has 0 saturated heterocycles. The van der Waals surface area contributed by atoms with Gasteiger partial charge in [-0.25, -0.2) is 14.2 Å². The van der Waals surface area contributed by atoms with Gasteiger partial charge in [-0.2, -0.15) is 4.98 Å². The van der Waals surface area contributed by atoms with E-state index in [4.69, 9.17) is 27.9 Å². The monoisotopic (exact) mass is 632 g/mol. The van der Waals surface area contributed by atoms with Crippen LogP contribution in [0.5, 0.6) is 5.75 Å². The molecule has 11 nitrogen and oxygen atoms in total. The summed E-state index contributed by atoms with van der Waals surface area (Å²) in [5.41, 5.74) is 0.347. The zero-order valence-corrected chi connectivity index (χ0v) is 25.9. The number of anilines is 1. The molecule has 5 rings (SSSR count). The first-order chi connectivity index (χ1) is 20.4. The first-order valence-corrected chi connectivity index (χ1v) is 15.5. The maximum Gasteiger partial charge on any atom is 0.355 e. The van der Waals surface area contributed by atoms with Crippen molar-refractivity contribution in [2.75, 3.05) is 51.4 Å². The summed E-state index contributed by atoms with van der Waals surface area (Å²) >= 11 is 13.9. The molecule has 2 aliphatic heterocycles. The van der Waals surface area contributed by atoms with Crippen LogP contribution in [0.15, 0.2) is 62.0 Å². The predicted molar refractivity (Wildman–Crippen MR) is 172 cm³/mol. The highest BCUT2D eigenvalue weighted by Gasteiger charge is 2.15. The molecule has 3 heterocycles. The Kier molecular flexibility index (Phi) is 11.7. The summed E-state index contributed by atoms with van der Waals surface area (Å²) in [5, 5.41) is 11.5.